The number of hydrogen-bond acceptors (Lipinski definition) is 4. The molecule has 0 aliphatic carbocycles. The SMILES string of the molecule is CN(Cc1cnn(-c2ccccc2)c1)C(=O)c1ccc(NC(=O)c2ccco2)cc1. The Labute approximate surface area is 173 Å². The summed E-state index contributed by atoms with van der Waals surface area (Å²) >= 11 is 0. The Balaban J connectivity index is 1.38. The summed E-state index contributed by atoms with van der Waals surface area (Å²) in [6.45, 7) is 0.433. The van der Waals surface area contributed by atoms with Gasteiger partial charge in [-0.15, -0.1) is 0 Å². The summed E-state index contributed by atoms with van der Waals surface area (Å²) in [5.41, 5.74) is 3.01. The molecule has 2 heterocycles. The highest BCUT2D eigenvalue weighted by molar-refractivity contribution is 6.02. The highest BCUT2D eigenvalue weighted by atomic mass is 16.3. The topological polar surface area (TPSA) is 80.4 Å². The molecule has 1 N–H and O–H groups in total. The van der Waals surface area contributed by atoms with E-state index in [2.05, 4.69) is 10.4 Å². The maximum atomic E-state index is 12.7. The van der Waals surface area contributed by atoms with Crippen molar-refractivity contribution < 1.29 is 14.0 Å². The Hall–Kier alpha value is -4.13. The quantitative estimate of drug-likeness (QED) is 0.531. The normalized spacial score (nSPS) is 10.6. The Bertz CT molecular complexity index is 1130. The number of furan rings is 1. The summed E-state index contributed by atoms with van der Waals surface area (Å²) in [6, 6.07) is 19.8. The van der Waals surface area contributed by atoms with Crippen molar-refractivity contribution in [3.05, 3.63) is 102 Å². The van der Waals surface area contributed by atoms with Gasteiger partial charge < -0.3 is 14.6 Å². The van der Waals surface area contributed by atoms with E-state index in [1.54, 1.807) is 59.2 Å². The molecule has 2 aromatic carbocycles. The smallest absolute Gasteiger partial charge is 0.291 e. The third kappa shape index (κ3) is 4.30. The summed E-state index contributed by atoms with van der Waals surface area (Å²) in [5, 5.41) is 7.09. The zero-order valence-electron chi connectivity index (χ0n) is 16.4. The van der Waals surface area contributed by atoms with Gasteiger partial charge in [0.05, 0.1) is 18.1 Å². The number of rotatable bonds is 6. The largest absolute Gasteiger partial charge is 0.459 e. The Kier molecular flexibility index (Phi) is 5.43. The first-order valence-corrected chi connectivity index (χ1v) is 9.39. The zero-order valence-corrected chi connectivity index (χ0v) is 16.4. The predicted octanol–water partition coefficient (Wildman–Crippen LogP) is 3.99. The van der Waals surface area contributed by atoms with Crippen molar-refractivity contribution in [2.75, 3.05) is 12.4 Å². The number of nitrogens with zero attached hydrogens (tertiary/aromatic N) is 3. The van der Waals surface area contributed by atoms with E-state index < -0.39 is 0 Å². The maximum Gasteiger partial charge on any atom is 0.291 e. The van der Waals surface area contributed by atoms with E-state index >= 15 is 0 Å². The minimum Gasteiger partial charge on any atom is -0.459 e. The van der Waals surface area contributed by atoms with Crippen molar-refractivity contribution in [3.8, 4) is 5.69 Å². The molecule has 0 spiro atoms. The third-order valence-corrected chi connectivity index (χ3v) is 4.56. The van der Waals surface area contributed by atoms with E-state index in [4.69, 9.17) is 4.42 Å². The molecule has 0 bridgehead atoms. The van der Waals surface area contributed by atoms with E-state index in [1.165, 1.54) is 6.26 Å². The zero-order chi connectivity index (χ0) is 20.9. The molecule has 0 unspecified atom stereocenters. The van der Waals surface area contributed by atoms with Crippen LogP contribution < -0.4 is 5.32 Å². The number of amides is 2. The molecule has 4 rings (SSSR count). The highest BCUT2D eigenvalue weighted by Crippen LogP contribution is 2.15. The van der Waals surface area contributed by atoms with Crippen molar-refractivity contribution in [3.63, 3.8) is 0 Å². The minimum absolute atomic E-state index is 0.119. The van der Waals surface area contributed by atoms with E-state index in [9.17, 15) is 9.59 Å². The second kappa shape index (κ2) is 8.48. The first kappa shape index (κ1) is 19.2. The molecule has 150 valence electrons. The van der Waals surface area contributed by atoms with E-state index in [-0.39, 0.29) is 17.6 Å². The van der Waals surface area contributed by atoms with Crippen molar-refractivity contribution in [1.82, 2.24) is 14.7 Å². The van der Waals surface area contributed by atoms with Crippen LogP contribution in [0.2, 0.25) is 0 Å². The summed E-state index contributed by atoms with van der Waals surface area (Å²) in [5.74, 6) is -0.232. The number of benzene rings is 2. The van der Waals surface area contributed by atoms with Gasteiger partial charge in [-0.25, -0.2) is 4.68 Å². The second-order valence-corrected chi connectivity index (χ2v) is 6.80. The van der Waals surface area contributed by atoms with Crippen LogP contribution in [0.3, 0.4) is 0 Å². The van der Waals surface area contributed by atoms with Crippen LogP contribution in [0.4, 0.5) is 5.69 Å². The molecule has 2 aromatic heterocycles. The molecule has 7 heteroatoms. The molecule has 0 radical (unpaired) electrons. The monoisotopic (exact) mass is 400 g/mol. The number of hydrogen-bond donors (Lipinski definition) is 1. The number of nitrogens with one attached hydrogen (secondary N) is 1. The van der Waals surface area contributed by atoms with Gasteiger partial charge in [-0.2, -0.15) is 5.10 Å². The van der Waals surface area contributed by atoms with Gasteiger partial charge in [-0.1, -0.05) is 18.2 Å². The van der Waals surface area contributed by atoms with Crippen molar-refractivity contribution in [2.45, 2.75) is 6.54 Å². The molecule has 4 aromatic rings. The number of aromatic nitrogens is 2. The van der Waals surface area contributed by atoms with Gasteiger partial charge in [0.1, 0.15) is 0 Å². The van der Waals surface area contributed by atoms with Gasteiger partial charge in [-0.05, 0) is 48.5 Å². The van der Waals surface area contributed by atoms with Gasteiger partial charge in [0.15, 0.2) is 5.76 Å². The fourth-order valence-electron chi connectivity index (χ4n) is 3.03. The van der Waals surface area contributed by atoms with E-state index in [0.29, 0.717) is 17.8 Å². The van der Waals surface area contributed by atoms with Crippen LogP contribution >= 0.6 is 0 Å². The molecule has 0 aliphatic rings. The lowest BCUT2D eigenvalue weighted by atomic mass is 10.1. The van der Waals surface area contributed by atoms with Crippen molar-refractivity contribution in [2.24, 2.45) is 0 Å². The Morgan fingerprint density at radius 1 is 1.03 bits per heavy atom. The fourth-order valence-corrected chi connectivity index (χ4v) is 3.03. The summed E-state index contributed by atoms with van der Waals surface area (Å²) < 4.78 is 6.85. The molecule has 0 fully saturated rings. The summed E-state index contributed by atoms with van der Waals surface area (Å²) in [4.78, 5) is 26.4. The first-order chi connectivity index (χ1) is 14.6. The van der Waals surface area contributed by atoms with Crippen LogP contribution in [0, 0.1) is 0 Å². The standard InChI is InChI=1S/C23H20N4O3/c1-26(15-17-14-24-27(16-17)20-6-3-2-4-7-20)23(29)18-9-11-19(12-10-18)25-22(28)21-8-5-13-30-21/h2-14,16H,15H2,1H3,(H,25,28). The summed E-state index contributed by atoms with van der Waals surface area (Å²) in [6.07, 6.45) is 5.10. The van der Waals surface area contributed by atoms with Gasteiger partial charge in [0, 0.05) is 36.6 Å². The fraction of sp³-hybridized carbons (Fsp3) is 0.0870. The Morgan fingerprint density at radius 2 is 1.80 bits per heavy atom. The van der Waals surface area contributed by atoms with Crippen LogP contribution in [0.25, 0.3) is 5.69 Å². The molecular formula is C23H20N4O3. The van der Waals surface area contributed by atoms with Gasteiger partial charge >= 0.3 is 0 Å². The number of carbonyl (C=O) groups excluding carboxylic acids is 2. The molecule has 7 nitrogen and oxygen atoms in total. The van der Waals surface area contributed by atoms with Crippen LogP contribution in [-0.2, 0) is 6.54 Å². The van der Waals surface area contributed by atoms with Crippen LogP contribution in [0.5, 0.6) is 0 Å². The van der Waals surface area contributed by atoms with E-state index in [1.807, 2.05) is 36.5 Å². The van der Waals surface area contributed by atoms with Gasteiger partial charge in [0.25, 0.3) is 11.8 Å². The number of carbonyl (C=O) groups is 2. The molecule has 2 amide bonds. The molecule has 0 saturated carbocycles. The van der Waals surface area contributed by atoms with Gasteiger partial charge in [0.2, 0.25) is 0 Å². The molecule has 0 atom stereocenters. The molecule has 30 heavy (non-hydrogen) atoms. The van der Waals surface area contributed by atoms with E-state index in [0.717, 1.165) is 11.3 Å². The number of para-hydroxylation sites is 1. The number of anilines is 1. The van der Waals surface area contributed by atoms with Crippen LogP contribution in [0.15, 0.2) is 89.8 Å². The minimum atomic E-state index is -0.341. The predicted molar refractivity (Wildman–Crippen MR) is 112 cm³/mol. The average molecular weight is 400 g/mol. The maximum absolute atomic E-state index is 12.7. The van der Waals surface area contributed by atoms with Gasteiger partial charge in [-0.3, -0.25) is 9.59 Å². The van der Waals surface area contributed by atoms with Crippen molar-refractivity contribution in [1.29, 1.82) is 0 Å². The average Bonchev–Trinajstić information content (AvgIpc) is 3.47. The summed E-state index contributed by atoms with van der Waals surface area (Å²) in [7, 11) is 1.74. The Morgan fingerprint density at radius 3 is 2.50 bits per heavy atom. The second-order valence-electron chi connectivity index (χ2n) is 6.80. The lowest BCUT2D eigenvalue weighted by Gasteiger charge is -2.16. The molecular weight excluding hydrogens is 380 g/mol. The lowest BCUT2D eigenvalue weighted by Crippen LogP contribution is -2.26. The first-order valence-electron chi connectivity index (χ1n) is 9.39. The van der Waals surface area contributed by atoms with Crippen LogP contribution in [-0.4, -0.2) is 33.5 Å². The third-order valence-electron chi connectivity index (χ3n) is 4.56. The lowest BCUT2D eigenvalue weighted by molar-refractivity contribution is 0.0785. The molecule has 0 saturated heterocycles. The van der Waals surface area contributed by atoms with Crippen molar-refractivity contribution >= 4 is 17.5 Å². The molecule has 0 aliphatic heterocycles. The van der Waals surface area contributed by atoms with Crippen LogP contribution in [0.1, 0.15) is 26.5 Å². The highest BCUT2D eigenvalue weighted by Gasteiger charge is 2.14.